The Labute approximate surface area is 151 Å². The fraction of sp³-hybridized carbons (Fsp3) is 0.263. The van der Waals surface area contributed by atoms with E-state index in [1.807, 2.05) is 6.92 Å². The number of ether oxygens (including phenoxy) is 2. The molecule has 0 saturated carbocycles. The van der Waals surface area contributed by atoms with Crippen LogP contribution in [0.1, 0.15) is 18.4 Å². The van der Waals surface area contributed by atoms with E-state index >= 15 is 0 Å². The average molecular weight is 360 g/mol. The molecule has 2 aromatic rings. The zero-order chi connectivity index (χ0) is 17.8. The zero-order valence-electron chi connectivity index (χ0n) is 13.8. The Kier molecular flexibility index (Phi) is 5.24. The van der Waals surface area contributed by atoms with Gasteiger partial charge >= 0.3 is 5.97 Å². The Bertz CT molecular complexity index is 789. The van der Waals surface area contributed by atoms with Crippen molar-refractivity contribution in [2.45, 2.75) is 19.8 Å². The number of benzene rings is 2. The first-order chi connectivity index (χ1) is 12.0. The number of esters is 1. The Hall–Kier alpha value is -2.53. The molecule has 0 radical (unpaired) electrons. The molecule has 0 spiro atoms. The summed E-state index contributed by atoms with van der Waals surface area (Å²) in [5.74, 6) is 0.590. The van der Waals surface area contributed by atoms with Crippen molar-refractivity contribution < 1.29 is 19.1 Å². The topological polar surface area (TPSA) is 55.8 Å². The average Bonchev–Trinajstić information content (AvgIpc) is 3.03. The van der Waals surface area contributed by atoms with Gasteiger partial charge in [-0.1, -0.05) is 11.6 Å². The van der Waals surface area contributed by atoms with Crippen molar-refractivity contribution in [3.8, 4) is 11.5 Å². The van der Waals surface area contributed by atoms with E-state index in [2.05, 4.69) is 0 Å². The number of halogens is 1. The number of amides is 1. The molecule has 0 unspecified atom stereocenters. The molecule has 0 bridgehead atoms. The molecule has 5 nitrogen and oxygen atoms in total. The Balaban J connectivity index is 1.54. The van der Waals surface area contributed by atoms with Crippen LogP contribution in [0.2, 0.25) is 5.02 Å². The summed E-state index contributed by atoms with van der Waals surface area (Å²) in [5.41, 5.74) is 1.69. The highest BCUT2D eigenvalue weighted by Gasteiger charge is 2.21. The van der Waals surface area contributed by atoms with Gasteiger partial charge in [0.2, 0.25) is 5.91 Å². The summed E-state index contributed by atoms with van der Waals surface area (Å²) in [7, 11) is 0. The first-order valence-corrected chi connectivity index (χ1v) is 8.41. The summed E-state index contributed by atoms with van der Waals surface area (Å²) in [4.78, 5) is 25.3. The van der Waals surface area contributed by atoms with Crippen molar-refractivity contribution in [2.75, 3.05) is 18.1 Å². The van der Waals surface area contributed by atoms with E-state index in [4.69, 9.17) is 21.1 Å². The second kappa shape index (κ2) is 7.57. The first-order valence-electron chi connectivity index (χ1n) is 8.03. The molecule has 25 heavy (non-hydrogen) atoms. The summed E-state index contributed by atoms with van der Waals surface area (Å²) >= 11 is 5.95. The van der Waals surface area contributed by atoms with Crippen molar-refractivity contribution in [3.05, 3.63) is 53.1 Å². The summed E-state index contributed by atoms with van der Waals surface area (Å²) in [5, 5.41) is 0.645. The maximum Gasteiger partial charge on any atom is 0.349 e. The Morgan fingerprint density at radius 2 is 1.88 bits per heavy atom. The van der Waals surface area contributed by atoms with Gasteiger partial charge in [0, 0.05) is 23.7 Å². The summed E-state index contributed by atoms with van der Waals surface area (Å²) in [6.45, 7) is 2.39. The van der Waals surface area contributed by atoms with Crippen LogP contribution < -0.4 is 14.4 Å². The van der Waals surface area contributed by atoms with Gasteiger partial charge in [-0.25, -0.2) is 4.79 Å². The predicted octanol–water partition coefficient (Wildman–Crippen LogP) is 3.76. The standard InChI is InChI=1S/C19H18ClNO4/c1-13-11-16(8-9-17(13)20)24-12-19(23)25-15-6-4-14(5-7-15)21-10-2-3-18(21)22/h4-9,11H,2-3,10,12H2,1H3. The van der Waals surface area contributed by atoms with Gasteiger partial charge < -0.3 is 14.4 Å². The maximum absolute atomic E-state index is 11.9. The van der Waals surface area contributed by atoms with Crippen molar-refractivity contribution in [3.63, 3.8) is 0 Å². The van der Waals surface area contributed by atoms with Gasteiger partial charge in [0.15, 0.2) is 6.61 Å². The van der Waals surface area contributed by atoms with E-state index < -0.39 is 5.97 Å². The van der Waals surface area contributed by atoms with Crippen LogP contribution in [-0.2, 0) is 9.59 Å². The van der Waals surface area contributed by atoms with Gasteiger partial charge in [-0.2, -0.15) is 0 Å². The van der Waals surface area contributed by atoms with E-state index in [0.717, 1.165) is 24.2 Å². The molecule has 3 rings (SSSR count). The highest BCUT2D eigenvalue weighted by atomic mass is 35.5. The monoisotopic (exact) mass is 359 g/mol. The Morgan fingerprint density at radius 1 is 1.16 bits per heavy atom. The minimum absolute atomic E-state index is 0.122. The molecule has 0 atom stereocenters. The highest BCUT2D eigenvalue weighted by molar-refractivity contribution is 6.31. The molecule has 130 valence electrons. The molecular formula is C19H18ClNO4. The number of hydrogen-bond donors (Lipinski definition) is 0. The van der Waals surface area contributed by atoms with Gasteiger partial charge in [0.05, 0.1) is 0 Å². The molecule has 1 heterocycles. The van der Waals surface area contributed by atoms with E-state index in [1.165, 1.54) is 0 Å². The lowest BCUT2D eigenvalue weighted by molar-refractivity contribution is -0.136. The molecule has 1 saturated heterocycles. The molecule has 1 aliphatic rings. The van der Waals surface area contributed by atoms with Crippen LogP contribution in [0.25, 0.3) is 0 Å². The zero-order valence-corrected chi connectivity index (χ0v) is 14.6. The van der Waals surface area contributed by atoms with Crippen LogP contribution >= 0.6 is 11.6 Å². The van der Waals surface area contributed by atoms with Crippen LogP contribution in [-0.4, -0.2) is 25.0 Å². The van der Waals surface area contributed by atoms with Crippen LogP contribution in [0.4, 0.5) is 5.69 Å². The van der Waals surface area contributed by atoms with Crippen molar-refractivity contribution in [2.24, 2.45) is 0 Å². The number of nitrogens with zero attached hydrogens (tertiary/aromatic N) is 1. The Morgan fingerprint density at radius 3 is 2.52 bits per heavy atom. The molecule has 0 aliphatic carbocycles. The van der Waals surface area contributed by atoms with E-state index in [-0.39, 0.29) is 12.5 Å². The fourth-order valence-corrected chi connectivity index (χ4v) is 2.74. The first kappa shape index (κ1) is 17.3. The SMILES string of the molecule is Cc1cc(OCC(=O)Oc2ccc(N3CCCC3=O)cc2)ccc1Cl. The molecule has 0 aromatic heterocycles. The highest BCUT2D eigenvalue weighted by Crippen LogP contribution is 2.24. The minimum Gasteiger partial charge on any atom is -0.482 e. The van der Waals surface area contributed by atoms with Crippen LogP contribution in [0.3, 0.4) is 0 Å². The van der Waals surface area contributed by atoms with E-state index in [9.17, 15) is 9.59 Å². The molecule has 1 amide bonds. The predicted molar refractivity (Wildman–Crippen MR) is 95.3 cm³/mol. The number of anilines is 1. The number of carbonyl (C=O) groups is 2. The smallest absolute Gasteiger partial charge is 0.349 e. The molecular weight excluding hydrogens is 342 g/mol. The van der Waals surface area contributed by atoms with Gasteiger partial charge in [-0.15, -0.1) is 0 Å². The lowest BCUT2D eigenvalue weighted by atomic mass is 10.2. The summed E-state index contributed by atoms with van der Waals surface area (Å²) < 4.78 is 10.6. The minimum atomic E-state index is -0.502. The molecule has 1 aliphatic heterocycles. The molecule has 1 fully saturated rings. The largest absolute Gasteiger partial charge is 0.482 e. The summed E-state index contributed by atoms with van der Waals surface area (Å²) in [6, 6.07) is 12.1. The van der Waals surface area contributed by atoms with Gasteiger partial charge in [-0.05, 0) is 61.4 Å². The second-order valence-electron chi connectivity index (χ2n) is 5.82. The summed E-state index contributed by atoms with van der Waals surface area (Å²) in [6.07, 6.45) is 1.45. The van der Waals surface area contributed by atoms with Crippen molar-refractivity contribution in [1.82, 2.24) is 0 Å². The molecule has 0 N–H and O–H groups in total. The third-order valence-electron chi connectivity index (χ3n) is 3.94. The van der Waals surface area contributed by atoms with Gasteiger partial charge in [0.25, 0.3) is 0 Å². The lowest BCUT2D eigenvalue weighted by Crippen LogP contribution is -2.23. The van der Waals surface area contributed by atoms with Gasteiger partial charge in [0.1, 0.15) is 11.5 Å². The van der Waals surface area contributed by atoms with Crippen LogP contribution in [0, 0.1) is 6.92 Å². The third-order valence-corrected chi connectivity index (χ3v) is 4.36. The van der Waals surface area contributed by atoms with Crippen LogP contribution in [0.5, 0.6) is 11.5 Å². The normalized spacial score (nSPS) is 13.8. The third kappa shape index (κ3) is 4.31. The number of carbonyl (C=O) groups excluding carboxylic acids is 2. The van der Waals surface area contributed by atoms with E-state index in [1.54, 1.807) is 47.4 Å². The molecule has 6 heteroatoms. The number of rotatable bonds is 5. The fourth-order valence-electron chi connectivity index (χ4n) is 2.63. The molecule has 2 aromatic carbocycles. The lowest BCUT2D eigenvalue weighted by Gasteiger charge is -2.15. The van der Waals surface area contributed by atoms with E-state index in [0.29, 0.717) is 22.9 Å². The number of aryl methyl sites for hydroxylation is 1. The van der Waals surface area contributed by atoms with Crippen molar-refractivity contribution >= 4 is 29.2 Å². The second-order valence-corrected chi connectivity index (χ2v) is 6.22. The quantitative estimate of drug-likeness (QED) is 0.602. The van der Waals surface area contributed by atoms with Gasteiger partial charge in [-0.3, -0.25) is 4.79 Å². The van der Waals surface area contributed by atoms with Crippen LogP contribution in [0.15, 0.2) is 42.5 Å². The maximum atomic E-state index is 11.9. The van der Waals surface area contributed by atoms with Crippen molar-refractivity contribution in [1.29, 1.82) is 0 Å². The number of hydrogen-bond acceptors (Lipinski definition) is 4.